The number of fused-ring (bicyclic) bond motifs is 6. The molecule has 0 spiro atoms. The molecule has 1 nitrogen and oxygen atoms in total. The molecule has 10 rings (SSSR count). The highest BCUT2D eigenvalue weighted by Gasteiger charge is 2.35. The normalized spacial score (nSPS) is 14.4. The van der Waals surface area contributed by atoms with Gasteiger partial charge in [-0.25, -0.2) is 0 Å². The number of terminal acetylenes is 1. The van der Waals surface area contributed by atoms with Crippen LogP contribution in [0.25, 0.3) is 60.1 Å². The number of nitrogens with zero attached hydrogens (tertiary/aromatic N) is 1. The molecule has 1 heteroatoms. The Hall–Kier alpha value is -6.62. The molecule has 54 heavy (non-hydrogen) atoms. The van der Waals surface area contributed by atoms with E-state index in [1.54, 1.807) is 0 Å². The number of hydrogen-bond donors (Lipinski definition) is 0. The van der Waals surface area contributed by atoms with Gasteiger partial charge in [-0.15, -0.1) is 6.42 Å². The lowest BCUT2D eigenvalue weighted by molar-refractivity contribution is 0.654. The number of benzene rings is 8. The number of anilines is 3. The van der Waals surface area contributed by atoms with Gasteiger partial charge < -0.3 is 4.90 Å². The Bertz CT molecular complexity index is 2910. The highest BCUT2D eigenvalue weighted by molar-refractivity contribution is 6.23. The maximum absolute atomic E-state index is 5.69. The summed E-state index contributed by atoms with van der Waals surface area (Å²) in [5, 5.41) is 7.44. The van der Waals surface area contributed by atoms with Gasteiger partial charge in [0, 0.05) is 34.0 Å². The molecule has 2 aliphatic rings. The minimum atomic E-state index is -0.143. The lowest BCUT2D eigenvalue weighted by Gasteiger charge is -2.35. The summed E-state index contributed by atoms with van der Waals surface area (Å²) in [6.45, 7) is 6.86. The molecule has 0 amide bonds. The molecule has 8 aromatic carbocycles. The van der Waals surface area contributed by atoms with Gasteiger partial charge >= 0.3 is 0 Å². The van der Waals surface area contributed by atoms with Crippen molar-refractivity contribution in [2.24, 2.45) is 0 Å². The van der Waals surface area contributed by atoms with Crippen molar-refractivity contribution in [1.29, 1.82) is 0 Å². The van der Waals surface area contributed by atoms with Crippen LogP contribution in [0.1, 0.15) is 43.0 Å². The second kappa shape index (κ2) is 12.2. The van der Waals surface area contributed by atoms with Crippen molar-refractivity contribution < 1.29 is 0 Å². The van der Waals surface area contributed by atoms with Crippen molar-refractivity contribution in [2.75, 3.05) is 4.90 Å². The quantitative estimate of drug-likeness (QED) is 0.131. The van der Waals surface area contributed by atoms with E-state index in [2.05, 4.69) is 189 Å². The lowest BCUT2D eigenvalue weighted by Crippen LogP contribution is -2.19. The van der Waals surface area contributed by atoms with E-state index in [4.69, 9.17) is 6.42 Å². The van der Waals surface area contributed by atoms with Crippen LogP contribution in [0.2, 0.25) is 0 Å². The Morgan fingerprint density at radius 2 is 1.22 bits per heavy atom. The molecule has 0 atom stereocenters. The van der Waals surface area contributed by atoms with Gasteiger partial charge in [0.05, 0.1) is 5.69 Å². The van der Waals surface area contributed by atoms with E-state index in [0.717, 1.165) is 6.42 Å². The summed E-state index contributed by atoms with van der Waals surface area (Å²) in [7, 11) is 0. The van der Waals surface area contributed by atoms with Crippen LogP contribution >= 0.6 is 0 Å². The summed E-state index contributed by atoms with van der Waals surface area (Å²) in [5.41, 5.74) is 16.3. The van der Waals surface area contributed by atoms with Gasteiger partial charge in [0.15, 0.2) is 0 Å². The molecule has 0 bridgehead atoms. The number of para-hydroxylation sites is 2. The molecule has 1 heterocycles. The number of allylic oxidation sites excluding steroid dienone is 4. The van der Waals surface area contributed by atoms with Gasteiger partial charge in [0.2, 0.25) is 0 Å². The minimum Gasteiger partial charge on any atom is -0.309 e. The summed E-state index contributed by atoms with van der Waals surface area (Å²) in [4.78, 5) is 2.53. The third kappa shape index (κ3) is 4.74. The molecule has 1 aliphatic carbocycles. The highest BCUT2D eigenvalue weighted by Crippen LogP contribution is 2.53. The van der Waals surface area contributed by atoms with Crippen molar-refractivity contribution in [2.45, 2.75) is 32.6 Å². The number of hydrogen-bond acceptors (Lipinski definition) is 1. The van der Waals surface area contributed by atoms with Crippen LogP contribution < -0.4 is 4.90 Å². The van der Waals surface area contributed by atoms with Crippen LogP contribution in [0.4, 0.5) is 17.1 Å². The van der Waals surface area contributed by atoms with Crippen LogP contribution in [0.15, 0.2) is 169 Å². The summed E-state index contributed by atoms with van der Waals surface area (Å²) in [6, 6.07) is 56.5. The predicted molar refractivity (Wildman–Crippen MR) is 231 cm³/mol. The summed E-state index contributed by atoms with van der Waals surface area (Å²) in [5.74, 6) is 2.71. The fourth-order valence-corrected chi connectivity index (χ4v) is 9.46. The standard InChI is InChI=1S/C53H39N/c1-5-6-24-47-34(2)45-33-39(28-30-48(45)53(47,3)4)51-42-21-11-12-22-43(42)52(54-49-25-13-8-17-37(49)31-38-18-9-14-26-50(38)54)44-29-27-36(32-46(44)51)41-23-15-19-35-16-7-10-20-40(35)41/h1,6-30,32-33H,31H2,2-4H3/b24-6-. The molecule has 1 aliphatic heterocycles. The third-order valence-electron chi connectivity index (χ3n) is 12.0. The predicted octanol–water partition coefficient (Wildman–Crippen LogP) is 14.1. The monoisotopic (exact) mass is 689 g/mol. The zero-order valence-electron chi connectivity index (χ0n) is 30.8. The van der Waals surface area contributed by atoms with Crippen molar-refractivity contribution in [3.63, 3.8) is 0 Å². The smallest absolute Gasteiger partial charge is 0.0619 e. The average molecular weight is 690 g/mol. The summed E-state index contributed by atoms with van der Waals surface area (Å²) < 4.78 is 0. The fourth-order valence-electron chi connectivity index (χ4n) is 9.46. The van der Waals surface area contributed by atoms with Crippen molar-refractivity contribution >= 4 is 55.0 Å². The molecule has 8 aromatic rings. The van der Waals surface area contributed by atoms with E-state index in [9.17, 15) is 0 Å². The van der Waals surface area contributed by atoms with Crippen molar-refractivity contribution in [3.8, 4) is 34.6 Å². The maximum Gasteiger partial charge on any atom is 0.0619 e. The van der Waals surface area contributed by atoms with Gasteiger partial charge in [-0.1, -0.05) is 147 Å². The molecule has 256 valence electrons. The Labute approximate surface area is 317 Å². The first-order valence-electron chi connectivity index (χ1n) is 18.9. The molecule has 0 aromatic heterocycles. The SMILES string of the molecule is C#C/C=C\C1=C(C)c2cc(-c3c4ccccc4c(N4c5ccccc5Cc5ccccc54)c4ccc(-c5cccc6ccccc56)cc34)ccc2C1(C)C. The Kier molecular flexibility index (Phi) is 7.26. The van der Waals surface area contributed by atoms with Gasteiger partial charge in [0.25, 0.3) is 0 Å². The molecule has 0 fully saturated rings. The second-order valence-corrected chi connectivity index (χ2v) is 15.2. The van der Waals surface area contributed by atoms with E-state index in [-0.39, 0.29) is 5.41 Å². The molecule has 0 saturated carbocycles. The highest BCUT2D eigenvalue weighted by atomic mass is 15.2. The van der Waals surface area contributed by atoms with E-state index in [1.807, 2.05) is 6.08 Å². The van der Waals surface area contributed by atoms with Gasteiger partial charge in [-0.05, 0) is 121 Å². The van der Waals surface area contributed by atoms with Crippen LogP contribution in [0, 0.1) is 12.3 Å². The van der Waals surface area contributed by atoms with Crippen LogP contribution in [0.5, 0.6) is 0 Å². The van der Waals surface area contributed by atoms with E-state index < -0.39 is 0 Å². The zero-order chi connectivity index (χ0) is 36.6. The Morgan fingerprint density at radius 1 is 0.593 bits per heavy atom. The van der Waals surface area contributed by atoms with Crippen molar-refractivity contribution in [1.82, 2.24) is 0 Å². The third-order valence-corrected chi connectivity index (χ3v) is 12.0. The van der Waals surface area contributed by atoms with Crippen molar-refractivity contribution in [3.05, 3.63) is 192 Å². The first-order chi connectivity index (χ1) is 26.4. The largest absolute Gasteiger partial charge is 0.309 e. The molecule has 0 N–H and O–H groups in total. The van der Waals surface area contributed by atoms with Crippen LogP contribution in [0.3, 0.4) is 0 Å². The van der Waals surface area contributed by atoms with Gasteiger partial charge in [-0.2, -0.15) is 0 Å². The Balaban J connectivity index is 1.32. The molecule has 0 unspecified atom stereocenters. The maximum atomic E-state index is 5.69. The van der Waals surface area contributed by atoms with Crippen LogP contribution in [-0.2, 0) is 11.8 Å². The summed E-state index contributed by atoms with van der Waals surface area (Å²) in [6.07, 6.45) is 10.6. The fraction of sp³-hybridized carbons (Fsp3) is 0.0943. The zero-order valence-corrected chi connectivity index (χ0v) is 30.8. The van der Waals surface area contributed by atoms with E-state index in [0.29, 0.717) is 0 Å². The van der Waals surface area contributed by atoms with E-state index >= 15 is 0 Å². The molecule has 0 radical (unpaired) electrons. The summed E-state index contributed by atoms with van der Waals surface area (Å²) >= 11 is 0. The number of rotatable bonds is 4. The Morgan fingerprint density at radius 3 is 1.98 bits per heavy atom. The van der Waals surface area contributed by atoms with Gasteiger partial charge in [-0.3, -0.25) is 0 Å². The van der Waals surface area contributed by atoms with Gasteiger partial charge in [0.1, 0.15) is 0 Å². The average Bonchev–Trinajstić information content (AvgIpc) is 3.40. The van der Waals surface area contributed by atoms with Crippen LogP contribution in [-0.4, -0.2) is 0 Å². The minimum absolute atomic E-state index is 0.143. The lowest BCUT2D eigenvalue weighted by atomic mass is 9.80. The first-order valence-corrected chi connectivity index (χ1v) is 18.9. The van der Waals surface area contributed by atoms with E-state index in [1.165, 1.54) is 105 Å². The second-order valence-electron chi connectivity index (χ2n) is 15.2. The molecule has 0 saturated heterocycles. The topological polar surface area (TPSA) is 3.24 Å². The first kappa shape index (κ1) is 32.1. The molecular formula is C53H39N. The molecular weight excluding hydrogens is 651 g/mol.